The first-order valence-electron chi connectivity index (χ1n) is 36.7. The number of nitrogens with zero attached hydrogens (tertiary/aromatic N) is 6. The van der Waals surface area contributed by atoms with Gasteiger partial charge in [0, 0.05) is 45.5 Å². The summed E-state index contributed by atoms with van der Waals surface area (Å²) in [5.41, 5.74) is 0.195. The van der Waals surface area contributed by atoms with E-state index < -0.39 is 97.2 Å². The molecule has 8 bridgehead atoms. The molecule has 0 unspecified atom stereocenters. The summed E-state index contributed by atoms with van der Waals surface area (Å²) in [6, 6.07) is 55.3. The number of fused-ring (bicyclic) bond motifs is 20. The summed E-state index contributed by atoms with van der Waals surface area (Å²) in [4.78, 5) is 36.2. The molecule has 0 atom stereocenters. The number of rotatable bonds is 24. The lowest BCUT2D eigenvalue weighted by molar-refractivity contribution is 0.412. The van der Waals surface area contributed by atoms with E-state index in [-0.39, 0.29) is 84.5 Å². The summed E-state index contributed by atoms with van der Waals surface area (Å²) >= 11 is 0. The van der Waals surface area contributed by atoms with E-state index in [2.05, 4.69) is 62.5 Å². The molecule has 2 aliphatic heterocycles. The maximum absolute atomic E-state index is 17.5. The van der Waals surface area contributed by atoms with Crippen LogP contribution >= 0.6 is 0 Å². The standard InChI is InChI=1S/C88H66F8N16O8/c1-113-49-25-9-41(10-26-49)97-73-61-63(75(99-43-13-29-51(115-3)30-14-43)79(103-47-21-37-55(119-7)38-22-47)77(73)101-45-17-33-53(117-5)34-18-45)87-110-85(61)108-83-59-57(65(89)69(93)71(95)67(59)91)81(106-83)105-82-58-60(68(92)72(96)70(94)66(58)90)84(107-82)109-86-62-64(88(111-86)112-87)76(100-44-15-31-52(116-4)32-16-44)80(104-48-23-39-56(120-8)40-24-48)78(102-46-19-35-54(118-6)36-20-46)74(62)98-42-11-27-50(114-2)28-12-42/h9-40,97-104H,1-8H3,(H2,105,106,107,108,109,110,111,112). The molecule has 12 aromatic carbocycles. The third-order valence-electron chi connectivity index (χ3n) is 20.0. The van der Waals surface area contributed by atoms with E-state index in [1.54, 1.807) is 194 Å². The largest absolute Gasteiger partial charge is 0.497 e. The number of aromatic nitrogens is 8. The monoisotopic (exact) mass is 1630 g/mol. The molecule has 0 amide bonds. The first-order chi connectivity index (χ1) is 58.3. The molecule has 0 saturated heterocycles. The van der Waals surface area contributed by atoms with Gasteiger partial charge in [-0.1, -0.05) is 0 Å². The molecule has 0 aliphatic carbocycles. The summed E-state index contributed by atoms with van der Waals surface area (Å²) in [5, 5.41) is 27.1. The third kappa shape index (κ3) is 14.1. The Morgan fingerprint density at radius 1 is 0.192 bits per heavy atom. The molecule has 5 heterocycles. The second-order valence-corrected chi connectivity index (χ2v) is 26.9. The second-order valence-electron chi connectivity index (χ2n) is 26.9. The highest BCUT2D eigenvalue weighted by Gasteiger charge is 2.38. The lowest BCUT2D eigenvalue weighted by atomic mass is 9.98. The topological polar surface area (TPSA) is 279 Å². The van der Waals surface area contributed by atoms with Crippen LogP contribution in [0.1, 0.15) is 0 Å². The first-order valence-corrected chi connectivity index (χ1v) is 36.7. The number of H-pyrrole nitrogens is 2. The Hall–Kier alpha value is -15.8. The SMILES string of the molecule is COc1ccc(Nc2c(Nc3ccc(OC)cc3)c(Nc3ccc(OC)cc3)c3c(c2Nc2ccc(OC)cc2)-c2nc-3nc3[nH]c(nc4nc(nc5[nH]c(n2)c2c(F)c(F)c(F)c(F)c52)-c2c(F)c(F)c(F)c(F)c2-4)c2c(Nc4ccc(OC)cc4)c(Nc4ccc(OC)cc4)c(Nc4ccc(OC)cc4)c(Nc4ccc(OC)cc4)c32)cc1. The van der Waals surface area contributed by atoms with Crippen LogP contribution < -0.4 is 80.4 Å². The summed E-state index contributed by atoms with van der Waals surface area (Å²) < 4.78 is 180. The number of methoxy groups -OCH3 is 8. The van der Waals surface area contributed by atoms with E-state index in [0.717, 1.165) is 0 Å². The molecule has 32 heteroatoms. The van der Waals surface area contributed by atoms with Crippen LogP contribution in [0, 0.1) is 46.5 Å². The fourth-order valence-corrected chi connectivity index (χ4v) is 14.1. The number of benzene rings is 12. The fourth-order valence-electron chi connectivity index (χ4n) is 14.1. The van der Waals surface area contributed by atoms with E-state index in [1.807, 2.05) is 0 Å². The number of aromatic amines is 2. The van der Waals surface area contributed by atoms with Gasteiger partial charge in [0.1, 0.15) is 68.6 Å². The van der Waals surface area contributed by atoms with Crippen molar-refractivity contribution in [3.8, 4) is 91.5 Å². The van der Waals surface area contributed by atoms with Crippen molar-refractivity contribution in [3.05, 3.63) is 241 Å². The molecular weight excluding hydrogens is 1560 g/mol. The number of hydrogen-bond donors (Lipinski definition) is 10. The molecule has 15 aromatic rings. The van der Waals surface area contributed by atoms with Crippen molar-refractivity contribution < 1.29 is 73.0 Å². The Bertz CT molecular complexity index is 6720. The Labute approximate surface area is 676 Å². The van der Waals surface area contributed by atoms with Gasteiger partial charge >= 0.3 is 0 Å². The molecule has 0 spiro atoms. The molecule has 2 aliphatic rings. The number of ether oxygens (including phenoxy) is 8. The fraction of sp³-hybridized carbons (Fsp3) is 0.0909. The summed E-state index contributed by atoms with van der Waals surface area (Å²) in [7, 11) is 12.1. The number of hydrogen-bond acceptors (Lipinski definition) is 22. The van der Waals surface area contributed by atoms with Crippen molar-refractivity contribution in [2.45, 2.75) is 0 Å². The van der Waals surface area contributed by atoms with Gasteiger partial charge in [-0.25, -0.2) is 65.0 Å². The van der Waals surface area contributed by atoms with Crippen LogP contribution in [0.5, 0.6) is 46.0 Å². The van der Waals surface area contributed by atoms with Gasteiger partial charge < -0.3 is 90.4 Å². The number of halogens is 8. The molecule has 17 rings (SSSR count). The van der Waals surface area contributed by atoms with Gasteiger partial charge in [-0.15, -0.1) is 0 Å². The Morgan fingerprint density at radius 2 is 0.367 bits per heavy atom. The molecular formula is C88H66F8N16O8. The highest BCUT2D eigenvalue weighted by atomic mass is 19.2. The molecule has 0 fully saturated rings. The van der Waals surface area contributed by atoms with Gasteiger partial charge in [0.15, 0.2) is 69.8 Å². The van der Waals surface area contributed by atoms with Crippen LogP contribution in [0.4, 0.5) is 126 Å². The van der Waals surface area contributed by atoms with E-state index in [4.69, 9.17) is 57.8 Å². The maximum Gasteiger partial charge on any atom is 0.198 e. The highest BCUT2D eigenvalue weighted by Crippen LogP contribution is 2.58. The Morgan fingerprint density at radius 3 is 0.583 bits per heavy atom. The van der Waals surface area contributed by atoms with Crippen LogP contribution in [0.15, 0.2) is 194 Å². The van der Waals surface area contributed by atoms with Crippen LogP contribution in [0.3, 0.4) is 0 Å². The van der Waals surface area contributed by atoms with E-state index >= 15 is 35.1 Å². The van der Waals surface area contributed by atoms with Crippen LogP contribution in [0.25, 0.3) is 89.7 Å². The molecule has 3 aromatic heterocycles. The zero-order valence-electron chi connectivity index (χ0n) is 64.4. The van der Waals surface area contributed by atoms with Gasteiger partial charge in [-0.05, 0) is 194 Å². The minimum Gasteiger partial charge on any atom is -0.497 e. The van der Waals surface area contributed by atoms with E-state index in [0.29, 0.717) is 91.5 Å². The van der Waals surface area contributed by atoms with Crippen LogP contribution in [-0.2, 0) is 0 Å². The van der Waals surface area contributed by atoms with Crippen molar-refractivity contribution in [1.82, 2.24) is 39.9 Å². The van der Waals surface area contributed by atoms with Gasteiger partial charge in [0.2, 0.25) is 0 Å². The predicted octanol–water partition coefficient (Wildman–Crippen LogP) is 22.0. The molecule has 24 nitrogen and oxygen atoms in total. The number of anilines is 16. The molecule has 10 N–H and O–H groups in total. The summed E-state index contributed by atoms with van der Waals surface area (Å²) in [5.74, 6) is -16.3. The average molecular weight is 1630 g/mol. The predicted molar refractivity (Wildman–Crippen MR) is 446 cm³/mol. The van der Waals surface area contributed by atoms with Crippen LogP contribution in [-0.4, -0.2) is 96.8 Å². The minimum absolute atomic E-state index is 0.0130. The molecule has 602 valence electrons. The third-order valence-corrected chi connectivity index (χ3v) is 20.0. The molecule has 0 saturated carbocycles. The normalized spacial score (nSPS) is 11.3. The van der Waals surface area contributed by atoms with E-state index in [1.165, 1.54) is 56.9 Å². The first kappa shape index (κ1) is 76.8. The summed E-state index contributed by atoms with van der Waals surface area (Å²) in [6.45, 7) is 0. The highest BCUT2D eigenvalue weighted by molar-refractivity contribution is 6.26. The zero-order chi connectivity index (χ0) is 83.3. The lowest BCUT2D eigenvalue weighted by Crippen LogP contribution is -2.09. The summed E-state index contributed by atoms with van der Waals surface area (Å²) in [6.07, 6.45) is 0. The van der Waals surface area contributed by atoms with E-state index in [9.17, 15) is 0 Å². The quantitative estimate of drug-likeness (QED) is 0.0153. The molecule has 120 heavy (non-hydrogen) atoms. The second kappa shape index (κ2) is 31.8. The van der Waals surface area contributed by atoms with Gasteiger partial charge in [-0.2, -0.15) is 0 Å². The minimum atomic E-state index is -2.34. The zero-order valence-corrected chi connectivity index (χ0v) is 64.4. The average Bonchev–Trinajstić information content (AvgIpc) is 1.54. The van der Waals surface area contributed by atoms with Crippen molar-refractivity contribution in [3.63, 3.8) is 0 Å². The maximum atomic E-state index is 17.5. The smallest absolute Gasteiger partial charge is 0.198 e. The Kier molecular flexibility index (Phi) is 20.4. The van der Waals surface area contributed by atoms with Crippen molar-refractivity contribution in [2.75, 3.05) is 99.4 Å². The Balaban J connectivity index is 1.14. The van der Waals surface area contributed by atoms with Crippen LogP contribution in [0.2, 0.25) is 0 Å². The van der Waals surface area contributed by atoms with Gasteiger partial charge in [-0.3, -0.25) is 0 Å². The van der Waals surface area contributed by atoms with Gasteiger partial charge in [0.05, 0.1) is 146 Å². The van der Waals surface area contributed by atoms with Crippen molar-refractivity contribution in [1.29, 1.82) is 0 Å². The lowest BCUT2D eigenvalue weighted by Gasteiger charge is -2.26. The van der Waals surface area contributed by atoms with Gasteiger partial charge in [0.25, 0.3) is 0 Å². The molecule has 0 radical (unpaired) electrons. The van der Waals surface area contributed by atoms with Crippen molar-refractivity contribution >= 4 is 135 Å². The number of nitrogens with one attached hydrogen (secondary N) is 10. The van der Waals surface area contributed by atoms with Crippen molar-refractivity contribution in [2.24, 2.45) is 0 Å².